The Kier molecular flexibility index (Phi) is 2.87. The van der Waals surface area contributed by atoms with Crippen LogP contribution in [0.15, 0.2) is 36.8 Å². The molecule has 0 spiro atoms. The van der Waals surface area contributed by atoms with Gasteiger partial charge in [-0.1, -0.05) is 0 Å². The zero-order chi connectivity index (χ0) is 13.2. The molecule has 19 heavy (non-hydrogen) atoms. The summed E-state index contributed by atoms with van der Waals surface area (Å²) in [5.41, 5.74) is 3.72. The first-order valence-electron chi connectivity index (χ1n) is 6.14. The Balaban J connectivity index is 2.09. The van der Waals surface area contributed by atoms with Crippen molar-refractivity contribution in [3.8, 4) is 17.0 Å². The van der Waals surface area contributed by atoms with Gasteiger partial charge in [0, 0.05) is 36.1 Å². The lowest BCUT2D eigenvalue weighted by atomic mass is 10.1. The molecule has 0 bridgehead atoms. The number of aryl methyl sites for hydroxylation is 1. The van der Waals surface area contributed by atoms with Gasteiger partial charge >= 0.3 is 0 Å². The smallest absolute Gasteiger partial charge is 0.213 e. The van der Waals surface area contributed by atoms with Crippen molar-refractivity contribution in [1.29, 1.82) is 0 Å². The second-order valence-electron chi connectivity index (χ2n) is 4.20. The van der Waals surface area contributed by atoms with Gasteiger partial charge in [0.25, 0.3) is 0 Å². The molecule has 3 heterocycles. The third-order valence-electron chi connectivity index (χ3n) is 3.01. The highest BCUT2D eigenvalue weighted by Gasteiger charge is 2.05. The molecule has 5 nitrogen and oxygen atoms in total. The van der Waals surface area contributed by atoms with Gasteiger partial charge in [0.15, 0.2) is 0 Å². The number of hydrogen-bond acceptors (Lipinski definition) is 4. The molecule has 0 fully saturated rings. The van der Waals surface area contributed by atoms with E-state index in [9.17, 15) is 0 Å². The number of nitrogens with zero attached hydrogens (tertiary/aromatic N) is 4. The molecular formula is C14H14N4O. The Hall–Kier alpha value is -2.43. The summed E-state index contributed by atoms with van der Waals surface area (Å²) < 4.78 is 7.02. The zero-order valence-corrected chi connectivity index (χ0v) is 10.9. The number of hydrogen-bond donors (Lipinski definition) is 0. The number of pyridine rings is 2. The van der Waals surface area contributed by atoms with E-state index < -0.39 is 0 Å². The van der Waals surface area contributed by atoms with E-state index in [1.54, 1.807) is 7.11 Å². The lowest BCUT2D eigenvalue weighted by Gasteiger charge is -2.02. The summed E-state index contributed by atoms with van der Waals surface area (Å²) in [5, 5.41) is 4.27. The topological polar surface area (TPSA) is 52.8 Å². The van der Waals surface area contributed by atoms with Crippen LogP contribution in [0.4, 0.5) is 0 Å². The van der Waals surface area contributed by atoms with Gasteiger partial charge in [0.05, 0.1) is 24.3 Å². The van der Waals surface area contributed by atoms with Crippen molar-refractivity contribution < 1.29 is 4.74 Å². The van der Waals surface area contributed by atoms with Gasteiger partial charge in [0.1, 0.15) is 0 Å². The van der Waals surface area contributed by atoms with E-state index >= 15 is 0 Å². The molecule has 96 valence electrons. The second-order valence-corrected chi connectivity index (χ2v) is 4.20. The van der Waals surface area contributed by atoms with Crippen LogP contribution in [0.2, 0.25) is 0 Å². The van der Waals surface area contributed by atoms with Crippen molar-refractivity contribution in [2.45, 2.75) is 13.5 Å². The van der Waals surface area contributed by atoms with Crippen molar-refractivity contribution in [3.05, 3.63) is 36.8 Å². The summed E-state index contributed by atoms with van der Waals surface area (Å²) in [4.78, 5) is 8.81. The van der Waals surface area contributed by atoms with Crippen molar-refractivity contribution in [1.82, 2.24) is 19.7 Å². The summed E-state index contributed by atoms with van der Waals surface area (Å²) in [7, 11) is 1.61. The average Bonchev–Trinajstić information content (AvgIpc) is 2.95. The molecule has 0 radical (unpaired) electrons. The van der Waals surface area contributed by atoms with E-state index in [1.807, 2.05) is 41.5 Å². The monoisotopic (exact) mass is 254 g/mol. The predicted octanol–water partition coefficient (Wildman–Crippen LogP) is 2.52. The first kappa shape index (κ1) is 11.6. The van der Waals surface area contributed by atoms with Crippen LogP contribution in [0.1, 0.15) is 6.92 Å². The standard InChI is InChI=1S/C14H14N4O/c1-3-18-9-11(8-16-18)10-6-13-12(15-7-10)4-5-14(17-13)19-2/h4-9H,3H2,1-2H3. The van der Waals surface area contributed by atoms with Crippen molar-refractivity contribution in [3.63, 3.8) is 0 Å². The Bertz CT molecular complexity index is 720. The van der Waals surface area contributed by atoms with E-state index in [4.69, 9.17) is 4.74 Å². The minimum Gasteiger partial charge on any atom is -0.481 e. The normalized spacial score (nSPS) is 10.8. The number of methoxy groups -OCH3 is 1. The number of ether oxygens (including phenoxy) is 1. The molecule has 0 aromatic carbocycles. The molecule has 0 saturated carbocycles. The van der Waals surface area contributed by atoms with Crippen molar-refractivity contribution in [2.75, 3.05) is 7.11 Å². The first-order chi connectivity index (χ1) is 9.30. The molecule has 5 heteroatoms. The van der Waals surface area contributed by atoms with Crippen LogP contribution in [0.25, 0.3) is 22.2 Å². The van der Waals surface area contributed by atoms with E-state index in [0.717, 1.165) is 28.7 Å². The molecule has 0 N–H and O–H groups in total. The van der Waals surface area contributed by atoms with Gasteiger partial charge in [-0.2, -0.15) is 5.10 Å². The SMILES string of the molecule is CCn1cc(-c2cnc3ccc(OC)nc3c2)cn1. The molecule has 0 amide bonds. The van der Waals surface area contributed by atoms with E-state index in [-0.39, 0.29) is 0 Å². The second kappa shape index (κ2) is 4.68. The maximum atomic E-state index is 5.13. The Morgan fingerprint density at radius 2 is 2.05 bits per heavy atom. The summed E-state index contributed by atoms with van der Waals surface area (Å²) in [6, 6.07) is 5.71. The van der Waals surface area contributed by atoms with E-state index in [1.165, 1.54) is 0 Å². The Morgan fingerprint density at radius 3 is 2.79 bits per heavy atom. The Labute approximate surface area is 110 Å². The highest BCUT2D eigenvalue weighted by Crippen LogP contribution is 2.22. The van der Waals surface area contributed by atoms with E-state index in [2.05, 4.69) is 22.0 Å². The van der Waals surface area contributed by atoms with Crippen molar-refractivity contribution in [2.24, 2.45) is 0 Å². The minimum absolute atomic E-state index is 0.593. The summed E-state index contributed by atoms with van der Waals surface area (Å²) in [5.74, 6) is 0.593. The largest absolute Gasteiger partial charge is 0.481 e. The third-order valence-corrected chi connectivity index (χ3v) is 3.01. The van der Waals surface area contributed by atoms with Gasteiger partial charge in [-0.25, -0.2) is 4.98 Å². The molecule has 3 aromatic rings. The maximum Gasteiger partial charge on any atom is 0.213 e. The minimum atomic E-state index is 0.593. The fourth-order valence-electron chi connectivity index (χ4n) is 1.95. The van der Waals surface area contributed by atoms with Gasteiger partial charge in [-0.3, -0.25) is 9.67 Å². The molecule has 0 unspecified atom stereocenters. The highest BCUT2D eigenvalue weighted by molar-refractivity contribution is 5.80. The molecule has 3 rings (SSSR count). The van der Waals surface area contributed by atoms with E-state index in [0.29, 0.717) is 5.88 Å². The van der Waals surface area contributed by atoms with Crippen LogP contribution < -0.4 is 4.74 Å². The van der Waals surface area contributed by atoms with Gasteiger partial charge in [-0.15, -0.1) is 0 Å². The van der Waals surface area contributed by atoms with Crippen LogP contribution in [0, 0.1) is 0 Å². The quantitative estimate of drug-likeness (QED) is 0.720. The van der Waals surface area contributed by atoms with Gasteiger partial charge < -0.3 is 4.74 Å². The fourth-order valence-corrected chi connectivity index (χ4v) is 1.95. The van der Waals surface area contributed by atoms with Crippen molar-refractivity contribution >= 4 is 11.0 Å². The molecule has 0 aliphatic heterocycles. The first-order valence-corrected chi connectivity index (χ1v) is 6.14. The number of aromatic nitrogens is 4. The fraction of sp³-hybridized carbons (Fsp3) is 0.214. The van der Waals surface area contributed by atoms with Crippen LogP contribution in [-0.2, 0) is 6.54 Å². The lowest BCUT2D eigenvalue weighted by Crippen LogP contribution is -1.92. The molecule has 0 aliphatic carbocycles. The maximum absolute atomic E-state index is 5.13. The Morgan fingerprint density at radius 1 is 1.16 bits per heavy atom. The van der Waals surface area contributed by atoms with Crippen LogP contribution in [-0.4, -0.2) is 26.9 Å². The average molecular weight is 254 g/mol. The highest BCUT2D eigenvalue weighted by atomic mass is 16.5. The molecule has 0 aliphatic rings. The molecular weight excluding hydrogens is 240 g/mol. The zero-order valence-electron chi connectivity index (χ0n) is 10.9. The summed E-state index contributed by atoms with van der Waals surface area (Å²) in [6.45, 7) is 2.91. The van der Waals surface area contributed by atoms with Crippen LogP contribution in [0.3, 0.4) is 0 Å². The predicted molar refractivity (Wildman–Crippen MR) is 73.0 cm³/mol. The lowest BCUT2D eigenvalue weighted by molar-refractivity contribution is 0.399. The number of fused-ring (bicyclic) bond motifs is 1. The molecule has 0 saturated heterocycles. The van der Waals surface area contributed by atoms with Gasteiger partial charge in [0.2, 0.25) is 5.88 Å². The third kappa shape index (κ3) is 2.14. The van der Waals surface area contributed by atoms with Gasteiger partial charge in [-0.05, 0) is 19.1 Å². The van der Waals surface area contributed by atoms with Crippen LogP contribution >= 0.6 is 0 Å². The summed E-state index contributed by atoms with van der Waals surface area (Å²) in [6.07, 6.45) is 5.68. The molecule has 0 atom stereocenters. The summed E-state index contributed by atoms with van der Waals surface area (Å²) >= 11 is 0. The number of rotatable bonds is 3. The van der Waals surface area contributed by atoms with Crippen LogP contribution in [0.5, 0.6) is 5.88 Å². The molecule has 3 aromatic heterocycles.